The summed E-state index contributed by atoms with van der Waals surface area (Å²) in [7, 11) is 0. The molecule has 0 bridgehead atoms. The molecule has 0 aromatic rings. The summed E-state index contributed by atoms with van der Waals surface area (Å²) >= 11 is 0. The quantitative estimate of drug-likeness (QED) is 0.179. The Balaban J connectivity index is 2.49. The Morgan fingerprint density at radius 3 is 2.55 bits per heavy atom. The Morgan fingerprint density at radius 2 is 1.90 bits per heavy atom. The fraction of sp³-hybridized carbons (Fsp3) is 0.680. The van der Waals surface area contributed by atoms with Crippen LogP contribution in [-0.4, -0.2) is 40.6 Å². The van der Waals surface area contributed by atoms with Gasteiger partial charge in [0, 0.05) is 25.2 Å². The van der Waals surface area contributed by atoms with E-state index >= 15 is 0 Å². The van der Waals surface area contributed by atoms with Crippen LogP contribution in [0.5, 0.6) is 0 Å². The van der Waals surface area contributed by atoms with Crippen molar-refractivity contribution in [2.75, 3.05) is 6.61 Å². The number of unbranched alkanes of at least 4 members (excludes halogenated alkanes) is 2. The first-order valence-electron chi connectivity index (χ1n) is 11.5. The molecule has 1 fully saturated rings. The first kappa shape index (κ1) is 27.0. The Hall–Kier alpha value is -2.08. The molecule has 3 atom stereocenters. The van der Waals surface area contributed by atoms with Crippen LogP contribution in [0.4, 0.5) is 0 Å². The number of Topliss-reactive ketones (excluding diaryl/α,β-unsaturated/α-hetero) is 3. The van der Waals surface area contributed by atoms with E-state index in [0.717, 1.165) is 19.3 Å². The molecule has 0 radical (unpaired) electrons. The van der Waals surface area contributed by atoms with Gasteiger partial charge in [-0.3, -0.25) is 14.4 Å². The molecule has 6 heteroatoms. The van der Waals surface area contributed by atoms with E-state index in [4.69, 9.17) is 0 Å². The third kappa shape index (κ3) is 9.30. The van der Waals surface area contributed by atoms with Crippen molar-refractivity contribution in [1.29, 1.82) is 0 Å². The summed E-state index contributed by atoms with van der Waals surface area (Å²) in [5.74, 6) is -1.22. The van der Waals surface area contributed by atoms with Gasteiger partial charge in [-0.1, -0.05) is 44.1 Å². The van der Waals surface area contributed by atoms with E-state index in [2.05, 4.69) is 4.74 Å². The second-order valence-electron chi connectivity index (χ2n) is 8.34. The lowest BCUT2D eigenvalue weighted by Gasteiger charge is -2.24. The number of esters is 1. The lowest BCUT2D eigenvalue weighted by molar-refractivity contribution is -0.153. The summed E-state index contributed by atoms with van der Waals surface area (Å²) in [6, 6.07) is 0. The average Bonchev–Trinajstić information content (AvgIpc) is 3.08. The maximum Gasteiger partial charge on any atom is 0.374 e. The van der Waals surface area contributed by atoms with Crippen LogP contribution in [-0.2, 0) is 23.9 Å². The number of hydrogen-bond acceptors (Lipinski definition) is 6. The summed E-state index contributed by atoms with van der Waals surface area (Å²) in [6.45, 7) is 5.31. The summed E-state index contributed by atoms with van der Waals surface area (Å²) in [6.07, 6.45) is 13.6. The zero-order valence-electron chi connectivity index (χ0n) is 19.2. The van der Waals surface area contributed by atoms with Crippen LogP contribution in [0, 0.1) is 11.8 Å². The number of aliphatic hydroxyl groups is 1. The fourth-order valence-electron chi connectivity index (χ4n) is 3.85. The lowest BCUT2D eigenvalue weighted by atomic mass is 9.87. The van der Waals surface area contributed by atoms with Gasteiger partial charge in [0.2, 0.25) is 5.78 Å². The first-order chi connectivity index (χ1) is 14.7. The van der Waals surface area contributed by atoms with E-state index in [1.54, 1.807) is 6.92 Å². The molecule has 0 spiro atoms. The van der Waals surface area contributed by atoms with E-state index in [0.29, 0.717) is 32.1 Å². The maximum absolute atomic E-state index is 12.3. The number of hydrogen-bond donors (Lipinski definition) is 1. The minimum absolute atomic E-state index is 0.0882. The fourth-order valence-corrected chi connectivity index (χ4v) is 3.85. The van der Waals surface area contributed by atoms with Gasteiger partial charge in [-0.15, -0.1) is 0 Å². The van der Waals surface area contributed by atoms with E-state index in [1.165, 1.54) is 6.92 Å². The van der Waals surface area contributed by atoms with Gasteiger partial charge in [-0.2, -0.15) is 0 Å². The van der Waals surface area contributed by atoms with Crippen LogP contribution in [0.25, 0.3) is 0 Å². The van der Waals surface area contributed by atoms with Crippen molar-refractivity contribution >= 4 is 23.3 Å². The molecule has 0 aliphatic heterocycles. The largest absolute Gasteiger partial charge is 0.460 e. The lowest BCUT2D eigenvalue weighted by Crippen LogP contribution is -2.36. The topological polar surface area (TPSA) is 97.7 Å². The second kappa shape index (κ2) is 14.1. The normalized spacial score (nSPS) is 21.0. The molecule has 0 amide bonds. The Bertz CT molecular complexity index is 677. The maximum atomic E-state index is 12.3. The van der Waals surface area contributed by atoms with E-state index in [-0.39, 0.29) is 42.9 Å². The van der Waals surface area contributed by atoms with Gasteiger partial charge in [0.05, 0.1) is 6.61 Å². The molecule has 0 saturated heterocycles. The molecule has 0 aromatic carbocycles. The Labute approximate surface area is 186 Å². The standard InChI is InChI=1S/C25H38O6/c1-4-6-17-25(30,19(3)26)18-11-12-20-15-16-22(27)21(20)13-9-7-8-10-14-23(28)24(29)31-5-2/h7,9,11-12,20-21,30H,4-6,8,10,13-18H2,1-3H3/t20-,21+,25?/m0/s1. The van der Waals surface area contributed by atoms with E-state index in [9.17, 15) is 24.3 Å². The summed E-state index contributed by atoms with van der Waals surface area (Å²) in [5, 5.41) is 10.6. The highest BCUT2D eigenvalue weighted by molar-refractivity contribution is 6.33. The summed E-state index contributed by atoms with van der Waals surface area (Å²) in [5.41, 5.74) is -1.31. The minimum atomic E-state index is -1.31. The highest BCUT2D eigenvalue weighted by Crippen LogP contribution is 2.33. The van der Waals surface area contributed by atoms with Crippen molar-refractivity contribution in [3.05, 3.63) is 24.3 Å². The van der Waals surface area contributed by atoms with Crippen LogP contribution in [0.15, 0.2) is 24.3 Å². The van der Waals surface area contributed by atoms with Crippen molar-refractivity contribution < 1.29 is 29.0 Å². The number of ether oxygens (including phenoxy) is 1. The van der Waals surface area contributed by atoms with Crippen molar-refractivity contribution in [2.24, 2.45) is 11.8 Å². The second-order valence-corrected chi connectivity index (χ2v) is 8.34. The molecular formula is C25H38O6. The molecule has 0 heterocycles. The SMILES string of the molecule is CCCCC(O)(CC=C[C@H]1CCC(=O)[C@@H]1CC=CCCCC(=O)C(=O)OCC)C(C)=O. The van der Waals surface area contributed by atoms with Gasteiger partial charge in [0.15, 0.2) is 5.78 Å². The third-order valence-electron chi connectivity index (χ3n) is 5.93. The minimum Gasteiger partial charge on any atom is -0.460 e. The van der Waals surface area contributed by atoms with Gasteiger partial charge in [-0.05, 0) is 51.9 Å². The molecule has 1 aliphatic rings. The van der Waals surface area contributed by atoms with Crippen molar-refractivity contribution in [3.8, 4) is 0 Å². The Morgan fingerprint density at radius 1 is 1.16 bits per heavy atom. The molecule has 1 N–H and O–H groups in total. The van der Waals surface area contributed by atoms with Crippen LogP contribution < -0.4 is 0 Å². The van der Waals surface area contributed by atoms with Crippen molar-refractivity contribution in [1.82, 2.24) is 0 Å². The van der Waals surface area contributed by atoms with Gasteiger partial charge >= 0.3 is 5.97 Å². The van der Waals surface area contributed by atoms with Gasteiger partial charge in [-0.25, -0.2) is 4.79 Å². The monoisotopic (exact) mass is 434 g/mol. The zero-order chi connectivity index (χ0) is 23.3. The number of allylic oxidation sites excluding steroid dienone is 3. The van der Waals surface area contributed by atoms with Gasteiger partial charge in [0.1, 0.15) is 11.4 Å². The van der Waals surface area contributed by atoms with Gasteiger partial charge in [0.25, 0.3) is 0 Å². The summed E-state index contributed by atoms with van der Waals surface area (Å²) in [4.78, 5) is 47.0. The highest BCUT2D eigenvalue weighted by Gasteiger charge is 2.33. The highest BCUT2D eigenvalue weighted by atomic mass is 16.5. The molecule has 1 saturated carbocycles. The average molecular weight is 435 g/mol. The zero-order valence-corrected chi connectivity index (χ0v) is 19.2. The van der Waals surface area contributed by atoms with Crippen LogP contribution >= 0.6 is 0 Å². The Kier molecular flexibility index (Phi) is 12.2. The predicted molar refractivity (Wildman–Crippen MR) is 119 cm³/mol. The molecule has 6 nitrogen and oxygen atoms in total. The molecule has 1 aliphatic carbocycles. The first-order valence-corrected chi connectivity index (χ1v) is 11.5. The van der Waals surface area contributed by atoms with E-state index in [1.807, 2.05) is 31.2 Å². The number of carbonyl (C=O) groups excluding carboxylic acids is 4. The summed E-state index contributed by atoms with van der Waals surface area (Å²) < 4.78 is 4.67. The van der Waals surface area contributed by atoms with Crippen LogP contribution in [0.1, 0.15) is 85.0 Å². The van der Waals surface area contributed by atoms with Gasteiger partial charge < -0.3 is 9.84 Å². The number of ketones is 3. The molecule has 174 valence electrons. The predicted octanol–water partition coefficient (Wildman–Crippen LogP) is 4.29. The molecule has 31 heavy (non-hydrogen) atoms. The molecule has 1 rings (SSSR count). The molecular weight excluding hydrogens is 396 g/mol. The third-order valence-corrected chi connectivity index (χ3v) is 5.93. The number of carbonyl (C=O) groups is 4. The molecule has 1 unspecified atom stereocenters. The van der Waals surface area contributed by atoms with Crippen molar-refractivity contribution in [3.63, 3.8) is 0 Å². The van der Waals surface area contributed by atoms with E-state index < -0.39 is 17.4 Å². The number of rotatable bonds is 15. The smallest absolute Gasteiger partial charge is 0.374 e. The van der Waals surface area contributed by atoms with Crippen molar-refractivity contribution in [2.45, 2.75) is 90.6 Å². The van der Waals surface area contributed by atoms with Crippen LogP contribution in [0.3, 0.4) is 0 Å². The van der Waals surface area contributed by atoms with Crippen LogP contribution in [0.2, 0.25) is 0 Å². The molecule has 0 aromatic heterocycles.